The number of likely N-dealkylation sites (tertiary alicyclic amines) is 1. The third-order valence-electron chi connectivity index (χ3n) is 5.81. The van der Waals surface area contributed by atoms with Gasteiger partial charge in [-0.05, 0) is 37.0 Å². The van der Waals surface area contributed by atoms with E-state index in [1.165, 1.54) is 6.42 Å². The van der Waals surface area contributed by atoms with Crippen molar-refractivity contribution >= 4 is 11.7 Å². The average Bonchev–Trinajstić information content (AvgIpc) is 2.41. The Morgan fingerprint density at radius 3 is 2.74 bits per heavy atom. The van der Waals surface area contributed by atoms with Crippen LogP contribution >= 0.6 is 0 Å². The summed E-state index contributed by atoms with van der Waals surface area (Å²) in [4.78, 5) is 18.7. The van der Waals surface area contributed by atoms with Crippen LogP contribution in [-0.2, 0) is 4.79 Å². The van der Waals surface area contributed by atoms with Crippen LogP contribution in [0.4, 0.5) is 0 Å². The largest absolute Gasteiger partial charge is 0.393 e. The van der Waals surface area contributed by atoms with E-state index in [1.807, 2.05) is 7.05 Å². The number of nitrogens with zero attached hydrogens (tertiary/aromatic N) is 2. The minimum Gasteiger partial charge on any atom is -0.393 e. The summed E-state index contributed by atoms with van der Waals surface area (Å²) in [7, 11) is 3.64. The molecule has 4 heteroatoms. The Kier molecular flexibility index (Phi) is 3.16. The van der Waals surface area contributed by atoms with Crippen molar-refractivity contribution in [3.05, 3.63) is 0 Å². The maximum absolute atomic E-state index is 12.5. The van der Waals surface area contributed by atoms with Crippen LogP contribution in [0.3, 0.4) is 0 Å². The molecule has 4 nitrogen and oxygen atoms in total. The van der Waals surface area contributed by atoms with Crippen molar-refractivity contribution in [2.24, 2.45) is 34.6 Å². The molecule has 1 amide bonds. The number of rotatable bonds is 0. The highest BCUT2D eigenvalue weighted by atomic mass is 16.3. The van der Waals surface area contributed by atoms with Crippen LogP contribution < -0.4 is 0 Å². The molecular weight excluding hydrogens is 240 g/mol. The number of hydrogen-bond acceptors (Lipinski definition) is 3. The van der Waals surface area contributed by atoms with Crippen molar-refractivity contribution in [3.8, 4) is 0 Å². The molecule has 0 spiro atoms. The van der Waals surface area contributed by atoms with E-state index in [0.717, 1.165) is 18.7 Å². The Balaban J connectivity index is 2.02. The first-order valence-electron chi connectivity index (χ1n) is 7.48. The zero-order chi connectivity index (χ0) is 13.7. The molecule has 3 rings (SSSR count). The highest BCUT2D eigenvalue weighted by Crippen LogP contribution is 2.52. The minimum absolute atomic E-state index is 0.0111. The van der Waals surface area contributed by atoms with E-state index < -0.39 is 0 Å². The Morgan fingerprint density at radius 1 is 1.32 bits per heavy atom. The zero-order valence-corrected chi connectivity index (χ0v) is 12.0. The number of piperidine rings is 1. The molecule has 0 bridgehead atoms. The van der Waals surface area contributed by atoms with Gasteiger partial charge in [-0.15, -0.1) is 0 Å². The zero-order valence-electron chi connectivity index (χ0n) is 12.0. The lowest BCUT2D eigenvalue weighted by Gasteiger charge is -2.54. The number of carbonyl (C=O) groups excluding carboxylic acids is 1. The van der Waals surface area contributed by atoms with E-state index in [4.69, 9.17) is 0 Å². The third kappa shape index (κ3) is 1.76. The maximum Gasteiger partial charge on any atom is 0.231 e. The van der Waals surface area contributed by atoms with Gasteiger partial charge in [0, 0.05) is 25.9 Å². The molecule has 0 radical (unpaired) electrons. The third-order valence-corrected chi connectivity index (χ3v) is 5.81. The first kappa shape index (κ1) is 13.1. The Hall–Kier alpha value is -0.900. The molecule has 1 heterocycles. The van der Waals surface area contributed by atoms with Crippen LogP contribution in [0.15, 0.2) is 4.99 Å². The second-order valence-corrected chi connectivity index (χ2v) is 6.53. The van der Waals surface area contributed by atoms with Gasteiger partial charge < -0.3 is 10.0 Å². The van der Waals surface area contributed by atoms with Gasteiger partial charge in [0.15, 0.2) is 0 Å². The van der Waals surface area contributed by atoms with E-state index in [-0.39, 0.29) is 17.9 Å². The summed E-state index contributed by atoms with van der Waals surface area (Å²) in [5, 5.41) is 10.3. The highest BCUT2D eigenvalue weighted by Gasteiger charge is 2.54. The minimum atomic E-state index is -0.317. The Bertz CT molecular complexity index is 420. The molecule has 1 N–H and O–H groups in total. The summed E-state index contributed by atoms with van der Waals surface area (Å²) >= 11 is 0. The van der Waals surface area contributed by atoms with Crippen molar-refractivity contribution in [1.82, 2.24) is 4.90 Å². The van der Waals surface area contributed by atoms with Gasteiger partial charge in [0.05, 0.1) is 6.10 Å². The second-order valence-electron chi connectivity index (χ2n) is 6.53. The lowest BCUT2D eigenvalue weighted by molar-refractivity contribution is -0.147. The van der Waals surface area contributed by atoms with E-state index in [9.17, 15) is 9.90 Å². The molecule has 6 atom stereocenters. The first-order chi connectivity index (χ1) is 9.06. The molecule has 0 aromatic heterocycles. The monoisotopic (exact) mass is 264 g/mol. The van der Waals surface area contributed by atoms with Gasteiger partial charge >= 0.3 is 0 Å². The van der Waals surface area contributed by atoms with Gasteiger partial charge in [-0.3, -0.25) is 9.79 Å². The fourth-order valence-corrected chi connectivity index (χ4v) is 4.86. The average molecular weight is 264 g/mol. The quantitative estimate of drug-likeness (QED) is 0.721. The molecule has 106 valence electrons. The van der Waals surface area contributed by atoms with E-state index in [2.05, 4.69) is 11.9 Å². The number of aliphatic imine (C=N–C) groups is 1. The Labute approximate surface area is 114 Å². The SMILES string of the molecule is CN=C1C2CCCC3C(C)C(O)CC(C(=O)N1C)C23. The smallest absolute Gasteiger partial charge is 0.231 e. The molecule has 2 saturated carbocycles. The summed E-state index contributed by atoms with van der Waals surface area (Å²) in [6.45, 7) is 2.15. The number of hydrogen-bond donors (Lipinski definition) is 1. The van der Waals surface area contributed by atoms with Gasteiger partial charge in [0.25, 0.3) is 0 Å². The molecule has 3 aliphatic rings. The van der Waals surface area contributed by atoms with Crippen molar-refractivity contribution in [2.75, 3.05) is 14.1 Å². The highest BCUT2D eigenvalue weighted by molar-refractivity contribution is 6.03. The van der Waals surface area contributed by atoms with Crippen molar-refractivity contribution in [3.63, 3.8) is 0 Å². The number of aliphatic hydroxyl groups is 1. The van der Waals surface area contributed by atoms with Crippen molar-refractivity contribution in [1.29, 1.82) is 0 Å². The molecule has 2 aliphatic carbocycles. The molecule has 19 heavy (non-hydrogen) atoms. The number of aliphatic hydroxyl groups excluding tert-OH is 1. The van der Waals surface area contributed by atoms with Crippen LogP contribution in [0.25, 0.3) is 0 Å². The fraction of sp³-hybridized carbons (Fsp3) is 0.867. The number of amidine groups is 1. The normalized spacial score (nSPS) is 48.3. The van der Waals surface area contributed by atoms with Gasteiger partial charge in [0.1, 0.15) is 5.84 Å². The van der Waals surface area contributed by atoms with Crippen molar-refractivity contribution in [2.45, 2.75) is 38.7 Å². The summed E-state index contributed by atoms with van der Waals surface area (Å²) in [6.07, 6.45) is 3.81. The summed E-state index contributed by atoms with van der Waals surface area (Å²) < 4.78 is 0. The topological polar surface area (TPSA) is 52.9 Å². The van der Waals surface area contributed by atoms with Crippen LogP contribution in [-0.4, -0.2) is 41.9 Å². The van der Waals surface area contributed by atoms with Gasteiger partial charge in [-0.25, -0.2) is 0 Å². The van der Waals surface area contributed by atoms with Crippen LogP contribution in [0.5, 0.6) is 0 Å². The first-order valence-corrected chi connectivity index (χ1v) is 7.48. The summed E-state index contributed by atoms with van der Waals surface area (Å²) in [5.41, 5.74) is 0. The predicted molar refractivity (Wildman–Crippen MR) is 73.7 cm³/mol. The summed E-state index contributed by atoms with van der Waals surface area (Å²) in [6, 6.07) is 0. The molecule has 1 aliphatic heterocycles. The molecule has 6 unspecified atom stereocenters. The lowest BCUT2D eigenvalue weighted by Crippen LogP contribution is -2.60. The van der Waals surface area contributed by atoms with Crippen LogP contribution in [0.2, 0.25) is 0 Å². The van der Waals surface area contributed by atoms with E-state index >= 15 is 0 Å². The van der Waals surface area contributed by atoms with Gasteiger partial charge in [-0.2, -0.15) is 0 Å². The standard InChI is InChI=1S/C15H24N2O2/c1-8-9-5-4-6-10-13(9)11(7-12(8)18)15(19)17(3)14(10)16-2/h8-13,18H,4-7H2,1-3H3. The number of amides is 1. The van der Waals surface area contributed by atoms with Gasteiger partial charge in [0.2, 0.25) is 5.91 Å². The molecule has 1 saturated heterocycles. The maximum atomic E-state index is 12.5. The van der Waals surface area contributed by atoms with Crippen LogP contribution in [0, 0.1) is 29.6 Å². The van der Waals surface area contributed by atoms with Crippen molar-refractivity contribution < 1.29 is 9.90 Å². The fourth-order valence-electron chi connectivity index (χ4n) is 4.86. The molecular formula is C15H24N2O2. The van der Waals surface area contributed by atoms with Crippen LogP contribution in [0.1, 0.15) is 32.6 Å². The van der Waals surface area contributed by atoms with E-state index in [1.54, 1.807) is 11.9 Å². The molecule has 0 aromatic rings. The Morgan fingerprint density at radius 2 is 2.05 bits per heavy atom. The molecule has 0 aromatic carbocycles. The molecule has 3 fully saturated rings. The predicted octanol–water partition coefficient (Wildman–Crippen LogP) is 1.54. The van der Waals surface area contributed by atoms with Gasteiger partial charge in [-0.1, -0.05) is 13.3 Å². The number of carbonyl (C=O) groups is 1. The summed E-state index contributed by atoms with van der Waals surface area (Å²) in [5.74, 6) is 2.79. The van der Waals surface area contributed by atoms with E-state index in [0.29, 0.717) is 30.1 Å². The second kappa shape index (κ2) is 4.58. The lowest BCUT2D eigenvalue weighted by atomic mass is 9.55.